The molecule has 6 heteroatoms. The molecule has 3 heterocycles. The van der Waals surface area contributed by atoms with Crippen LogP contribution in [0.4, 0.5) is 10.7 Å². The van der Waals surface area contributed by atoms with Crippen LogP contribution >= 0.6 is 0 Å². The molecule has 1 aromatic carbocycles. The molecule has 2 amide bonds. The van der Waals surface area contributed by atoms with Gasteiger partial charge >= 0.3 is 6.03 Å². The van der Waals surface area contributed by atoms with Crippen LogP contribution in [0.1, 0.15) is 11.1 Å². The lowest BCUT2D eigenvalue weighted by molar-refractivity contribution is 0.206. The minimum atomic E-state index is -0.162. The van der Waals surface area contributed by atoms with Gasteiger partial charge in [0, 0.05) is 19.3 Å². The summed E-state index contributed by atoms with van der Waals surface area (Å²) in [5.41, 5.74) is 3.23. The number of benzene rings is 1. The zero-order valence-electron chi connectivity index (χ0n) is 11.9. The third kappa shape index (κ3) is 2.28. The highest BCUT2D eigenvalue weighted by Gasteiger charge is 2.21. The van der Waals surface area contributed by atoms with Gasteiger partial charge in [-0.2, -0.15) is 4.98 Å². The van der Waals surface area contributed by atoms with E-state index >= 15 is 0 Å². The number of anilines is 1. The Morgan fingerprint density at radius 1 is 1.09 bits per heavy atom. The van der Waals surface area contributed by atoms with Crippen molar-refractivity contribution in [2.45, 2.75) is 13.0 Å². The molecule has 3 aromatic rings. The van der Waals surface area contributed by atoms with Crippen molar-refractivity contribution in [2.24, 2.45) is 0 Å². The van der Waals surface area contributed by atoms with Gasteiger partial charge in [0.1, 0.15) is 0 Å². The molecule has 1 aliphatic heterocycles. The molecule has 0 fully saturated rings. The fraction of sp³-hybridized carbons (Fsp3) is 0.188. The lowest BCUT2D eigenvalue weighted by Gasteiger charge is -2.28. The van der Waals surface area contributed by atoms with E-state index in [1.807, 2.05) is 30.3 Å². The molecule has 0 spiro atoms. The van der Waals surface area contributed by atoms with Crippen LogP contribution in [-0.4, -0.2) is 32.1 Å². The summed E-state index contributed by atoms with van der Waals surface area (Å²) >= 11 is 0. The second-order valence-corrected chi connectivity index (χ2v) is 5.31. The Kier molecular flexibility index (Phi) is 3.00. The van der Waals surface area contributed by atoms with E-state index in [-0.39, 0.29) is 6.03 Å². The molecule has 0 atom stereocenters. The minimum Gasteiger partial charge on any atom is -0.320 e. The van der Waals surface area contributed by atoms with Crippen LogP contribution in [0.2, 0.25) is 0 Å². The molecule has 4 rings (SSSR count). The first-order valence-corrected chi connectivity index (χ1v) is 7.24. The van der Waals surface area contributed by atoms with Gasteiger partial charge in [-0.15, -0.1) is 5.10 Å². The molecule has 1 aliphatic rings. The summed E-state index contributed by atoms with van der Waals surface area (Å²) in [5.74, 6) is 0.329. The van der Waals surface area contributed by atoms with Crippen molar-refractivity contribution in [1.29, 1.82) is 0 Å². The highest BCUT2D eigenvalue weighted by molar-refractivity contribution is 5.87. The van der Waals surface area contributed by atoms with Crippen molar-refractivity contribution in [1.82, 2.24) is 19.5 Å². The van der Waals surface area contributed by atoms with E-state index < -0.39 is 0 Å². The Morgan fingerprint density at radius 2 is 1.91 bits per heavy atom. The van der Waals surface area contributed by atoms with Crippen molar-refractivity contribution < 1.29 is 4.79 Å². The van der Waals surface area contributed by atoms with Gasteiger partial charge in [-0.25, -0.2) is 9.31 Å². The number of hydrogen-bond acceptors (Lipinski definition) is 3. The van der Waals surface area contributed by atoms with Crippen molar-refractivity contribution >= 4 is 17.6 Å². The largest absolute Gasteiger partial charge is 0.324 e. The van der Waals surface area contributed by atoms with Gasteiger partial charge in [0.15, 0.2) is 5.65 Å². The van der Waals surface area contributed by atoms with Gasteiger partial charge in [0.05, 0.1) is 0 Å². The van der Waals surface area contributed by atoms with E-state index in [1.165, 1.54) is 11.1 Å². The van der Waals surface area contributed by atoms with E-state index in [0.717, 1.165) is 6.42 Å². The predicted octanol–water partition coefficient (Wildman–Crippen LogP) is 2.32. The van der Waals surface area contributed by atoms with E-state index in [0.29, 0.717) is 24.7 Å². The number of carbonyl (C=O) groups is 1. The highest BCUT2D eigenvalue weighted by Crippen LogP contribution is 2.19. The highest BCUT2D eigenvalue weighted by atomic mass is 16.2. The number of carbonyl (C=O) groups excluding carboxylic acids is 1. The molecule has 0 aliphatic carbocycles. The fourth-order valence-electron chi connectivity index (χ4n) is 2.73. The summed E-state index contributed by atoms with van der Waals surface area (Å²) in [6, 6.07) is 13.7. The number of hydrogen-bond donors (Lipinski definition) is 1. The zero-order chi connectivity index (χ0) is 14.9. The standard InChI is InChI=1S/C16H15N5O/c22-16(18-15-17-14-7-3-4-9-21(14)19-15)20-10-8-12-5-1-2-6-13(12)11-20/h1-7,9H,8,10-11H2,(H,18,19,22). The molecule has 0 saturated heterocycles. The van der Waals surface area contributed by atoms with E-state index in [1.54, 1.807) is 15.6 Å². The first kappa shape index (κ1) is 12.8. The quantitative estimate of drug-likeness (QED) is 0.749. The Bertz CT molecular complexity index is 808. The van der Waals surface area contributed by atoms with E-state index in [2.05, 4.69) is 27.5 Å². The Labute approximate surface area is 127 Å². The number of pyridine rings is 1. The van der Waals surface area contributed by atoms with Gasteiger partial charge in [-0.3, -0.25) is 5.32 Å². The van der Waals surface area contributed by atoms with Crippen LogP contribution in [-0.2, 0) is 13.0 Å². The van der Waals surface area contributed by atoms with Crippen molar-refractivity contribution in [3.05, 3.63) is 59.8 Å². The number of fused-ring (bicyclic) bond motifs is 2. The summed E-state index contributed by atoms with van der Waals surface area (Å²) < 4.78 is 1.64. The molecule has 0 unspecified atom stereocenters. The van der Waals surface area contributed by atoms with Gasteiger partial charge in [-0.05, 0) is 29.7 Å². The summed E-state index contributed by atoms with van der Waals surface area (Å²) in [6.45, 7) is 1.32. The van der Waals surface area contributed by atoms with Crippen LogP contribution in [0.5, 0.6) is 0 Å². The Morgan fingerprint density at radius 3 is 2.77 bits per heavy atom. The third-order valence-electron chi connectivity index (χ3n) is 3.88. The zero-order valence-corrected chi connectivity index (χ0v) is 11.9. The van der Waals surface area contributed by atoms with Crippen LogP contribution < -0.4 is 5.32 Å². The van der Waals surface area contributed by atoms with Gasteiger partial charge < -0.3 is 4.90 Å². The second-order valence-electron chi connectivity index (χ2n) is 5.31. The number of urea groups is 1. The molecule has 6 nitrogen and oxygen atoms in total. The normalized spacial score (nSPS) is 13.9. The fourth-order valence-corrected chi connectivity index (χ4v) is 2.73. The van der Waals surface area contributed by atoms with Crippen molar-refractivity contribution in [3.8, 4) is 0 Å². The van der Waals surface area contributed by atoms with Gasteiger partial charge in [-0.1, -0.05) is 30.3 Å². The smallest absolute Gasteiger partial charge is 0.320 e. The number of nitrogens with zero attached hydrogens (tertiary/aromatic N) is 4. The first-order chi connectivity index (χ1) is 10.8. The molecule has 0 radical (unpaired) electrons. The molecule has 0 bridgehead atoms. The number of rotatable bonds is 1. The lowest BCUT2D eigenvalue weighted by atomic mass is 10.0. The second kappa shape index (κ2) is 5.14. The molecular formula is C16H15N5O. The number of aromatic nitrogens is 3. The van der Waals surface area contributed by atoms with E-state index in [4.69, 9.17) is 0 Å². The average Bonchev–Trinajstić information content (AvgIpc) is 2.96. The van der Waals surface area contributed by atoms with Crippen LogP contribution in [0.15, 0.2) is 48.7 Å². The first-order valence-electron chi connectivity index (χ1n) is 7.24. The van der Waals surface area contributed by atoms with Crippen molar-refractivity contribution in [2.75, 3.05) is 11.9 Å². The SMILES string of the molecule is O=C(Nc1nc2ccccn2n1)N1CCc2ccccc2C1. The van der Waals surface area contributed by atoms with Crippen LogP contribution in [0, 0.1) is 0 Å². The molecule has 0 saturated carbocycles. The summed E-state index contributed by atoms with van der Waals surface area (Å²) in [5, 5.41) is 7.01. The summed E-state index contributed by atoms with van der Waals surface area (Å²) in [6.07, 6.45) is 2.68. The molecular weight excluding hydrogens is 278 g/mol. The number of amides is 2. The molecule has 2 aromatic heterocycles. The predicted molar refractivity (Wildman–Crippen MR) is 82.6 cm³/mol. The average molecular weight is 293 g/mol. The van der Waals surface area contributed by atoms with Crippen LogP contribution in [0.25, 0.3) is 5.65 Å². The van der Waals surface area contributed by atoms with Crippen molar-refractivity contribution in [3.63, 3.8) is 0 Å². The maximum absolute atomic E-state index is 12.4. The van der Waals surface area contributed by atoms with Gasteiger partial charge in [0.25, 0.3) is 5.95 Å². The monoisotopic (exact) mass is 293 g/mol. The maximum atomic E-state index is 12.4. The van der Waals surface area contributed by atoms with Crippen LogP contribution in [0.3, 0.4) is 0 Å². The summed E-state index contributed by atoms with van der Waals surface area (Å²) in [7, 11) is 0. The summed E-state index contributed by atoms with van der Waals surface area (Å²) in [4.78, 5) is 18.5. The minimum absolute atomic E-state index is 0.162. The topological polar surface area (TPSA) is 62.5 Å². The molecule has 1 N–H and O–H groups in total. The van der Waals surface area contributed by atoms with Gasteiger partial charge in [0.2, 0.25) is 0 Å². The third-order valence-corrected chi connectivity index (χ3v) is 3.88. The lowest BCUT2D eigenvalue weighted by Crippen LogP contribution is -2.39. The molecule has 22 heavy (non-hydrogen) atoms. The van der Waals surface area contributed by atoms with E-state index in [9.17, 15) is 4.79 Å². The Hall–Kier alpha value is -2.89. The molecule has 110 valence electrons. The number of nitrogens with one attached hydrogen (secondary N) is 1. The maximum Gasteiger partial charge on any atom is 0.324 e. The Balaban J connectivity index is 1.51.